The van der Waals surface area contributed by atoms with Gasteiger partial charge in [0.25, 0.3) is 0 Å². The molecule has 4 nitrogen and oxygen atoms in total. The van der Waals surface area contributed by atoms with E-state index in [1.807, 2.05) is 42.5 Å². The molecule has 0 aliphatic heterocycles. The Morgan fingerprint density at radius 3 is 2.13 bits per heavy atom. The Hall–Kier alpha value is -5.39. The first-order valence-corrected chi connectivity index (χ1v) is 24.1. The third-order valence-corrected chi connectivity index (χ3v) is 12.9. The molecule has 0 spiro atoms. The van der Waals surface area contributed by atoms with Crippen molar-refractivity contribution in [2.45, 2.75) is 73.0 Å². The van der Waals surface area contributed by atoms with Gasteiger partial charge in [0.1, 0.15) is 5.58 Å². The summed E-state index contributed by atoms with van der Waals surface area (Å²) in [6.07, 6.45) is 3.22. The Labute approximate surface area is 370 Å². The number of hydrogen-bond acceptors (Lipinski definition) is 3. The van der Waals surface area contributed by atoms with Gasteiger partial charge >= 0.3 is 0 Å². The number of imidazole rings is 1. The van der Waals surface area contributed by atoms with Crippen LogP contribution in [0.2, 0.25) is 19.6 Å². The molecule has 6 heteroatoms. The van der Waals surface area contributed by atoms with Crippen LogP contribution in [0.3, 0.4) is 0 Å². The molecule has 0 saturated heterocycles. The van der Waals surface area contributed by atoms with Gasteiger partial charge in [-0.15, -0.1) is 53.6 Å². The van der Waals surface area contributed by atoms with Crippen LogP contribution in [0.25, 0.3) is 72.4 Å². The zero-order valence-corrected chi connectivity index (χ0v) is 39.5. The van der Waals surface area contributed by atoms with Crippen LogP contribution in [0.1, 0.15) is 52.7 Å². The number of para-hydroxylation sites is 4. The fourth-order valence-electron chi connectivity index (χ4n) is 7.94. The topological polar surface area (TPSA) is 43.9 Å². The van der Waals surface area contributed by atoms with Gasteiger partial charge in [0.2, 0.25) is 0 Å². The third-order valence-electron chi connectivity index (χ3n) is 10.8. The maximum atomic E-state index is 6.36. The smallest absolute Gasteiger partial charge is 0.120 e. The van der Waals surface area contributed by atoms with Crippen molar-refractivity contribution < 1.29 is 24.5 Å². The second-order valence-corrected chi connectivity index (χ2v) is 23.8. The predicted octanol–water partition coefficient (Wildman–Crippen LogP) is 14.0. The monoisotopic (exact) mass is 980 g/mol. The Morgan fingerprint density at radius 1 is 0.700 bits per heavy atom. The zero-order valence-electron chi connectivity index (χ0n) is 36.1. The standard InChI is InChI=1S/C31H19N2O.C23H34NSi.Ir/c1-2-11-21(12-3-1)22-13-4-7-18-27(22)33-28-19-8-6-17-26(28)32-31(33)25-16-10-15-24-23-14-5-9-20-29(23)34-30(24)25;1-22(2,3)15-18-14-20(24-16-21(18)25(7,8)9)17-11-10-12-19(13-17)23(4,5)6;/h1-15,17-20H;10,12-14,16H,15H2,1-9H3;/q2*-1;. The Bertz CT molecular complexity index is 2920. The van der Waals surface area contributed by atoms with Crippen LogP contribution < -0.4 is 5.19 Å². The quantitative estimate of drug-likeness (QED) is 0.123. The number of pyridine rings is 1. The minimum absolute atomic E-state index is 0. The van der Waals surface area contributed by atoms with E-state index in [1.165, 1.54) is 16.3 Å². The van der Waals surface area contributed by atoms with Crippen molar-refractivity contribution in [3.8, 4) is 39.5 Å². The van der Waals surface area contributed by atoms with Gasteiger partial charge in [0, 0.05) is 42.9 Å². The molecule has 1 radical (unpaired) electrons. The summed E-state index contributed by atoms with van der Waals surface area (Å²) in [6, 6.07) is 55.0. The van der Waals surface area contributed by atoms with Crippen molar-refractivity contribution in [2.75, 3.05) is 0 Å². The molecule has 0 bridgehead atoms. The first-order valence-electron chi connectivity index (χ1n) is 20.6. The fourth-order valence-corrected chi connectivity index (χ4v) is 9.52. The van der Waals surface area contributed by atoms with Gasteiger partial charge in [-0.1, -0.05) is 163 Å². The summed E-state index contributed by atoms with van der Waals surface area (Å²) in [6.45, 7) is 20.9. The van der Waals surface area contributed by atoms with Crippen LogP contribution in [0.5, 0.6) is 0 Å². The third kappa shape index (κ3) is 8.88. The Kier molecular flexibility index (Phi) is 12.1. The van der Waals surface area contributed by atoms with E-state index in [-0.39, 0.29) is 30.9 Å². The van der Waals surface area contributed by atoms with Gasteiger partial charge in [0.15, 0.2) is 0 Å². The van der Waals surface area contributed by atoms with Crippen LogP contribution in [0.4, 0.5) is 0 Å². The summed E-state index contributed by atoms with van der Waals surface area (Å²) in [5.41, 5.74) is 13.2. The molecule has 0 N–H and O–H groups in total. The molecule has 6 aromatic carbocycles. The first kappa shape index (κ1) is 42.7. The van der Waals surface area contributed by atoms with Crippen LogP contribution >= 0.6 is 0 Å². The molecular weight excluding hydrogens is 927 g/mol. The molecule has 0 amide bonds. The van der Waals surface area contributed by atoms with E-state index < -0.39 is 8.07 Å². The van der Waals surface area contributed by atoms with Gasteiger partial charge in [-0.05, 0) is 58.0 Å². The minimum Gasteiger partial charge on any atom is -0.501 e. The second kappa shape index (κ2) is 16.9. The van der Waals surface area contributed by atoms with Crippen molar-refractivity contribution in [3.05, 3.63) is 169 Å². The van der Waals surface area contributed by atoms with E-state index >= 15 is 0 Å². The van der Waals surface area contributed by atoms with Gasteiger partial charge in [-0.3, -0.25) is 4.98 Å². The molecular formula is C54H53IrN3OSi-2. The number of aromatic nitrogens is 3. The van der Waals surface area contributed by atoms with E-state index in [0.29, 0.717) is 0 Å². The number of hydrogen-bond donors (Lipinski definition) is 0. The largest absolute Gasteiger partial charge is 0.501 e. The molecule has 9 aromatic rings. The number of rotatable bonds is 6. The summed E-state index contributed by atoms with van der Waals surface area (Å²) >= 11 is 0. The van der Waals surface area contributed by atoms with Crippen LogP contribution in [0, 0.1) is 17.5 Å². The molecule has 0 fully saturated rings. The predicted molar refractivity (Wildman–Crippen MR) is 251 cm³/mol. The Morgan fingerprint density at radius 2 is 1.38 bits per heavy atom. The Balaban J connectivity index is 0.000000188. The fraction of sp³-hybridized carbons (Fsp3) is 0.222. The summed E-state index contributed by atoms with van der Waals surface area (Å²) in [7, 11) is -1.42. The van der Waals surface area contributed by atoms with Gasteiger partial charge in [-0.2, -0.15) is 0 Å². The molecule has 305 valence electrons. The van der Waals surface area contributed by atoms with Gasteiger partial charge in [0.05, 0.1) is 30.5 Å². The molecule has 9 rings (SSSR count). The number of nitrogens with zero attached hydrogens (tertiary/aromatic N) is 3. The SMILES string of the molecule is CC(C)(C)Cc1cc(-c2[c-]ccc(C(C)(C)C)c2)ncc1[Si](C)(C)C.[Ir].[c-]1ccc2c(oc3ccccc32)c1-c1nc2ccccc2n1-c1ccccc1-c1ccccc1. The van der Waals surface area contributed by atoms with Crippen LogP contribution in [-0.2, 0) is 31.9 Å². The van der Waals surface area contributed by atoms with Gasteiger partial charge < -0.3 is 14.0 Å². The van der Waals surface area contributed by atoms with Crippen molar-refractivity contribution in [3.63, 3.8) is 0 Å². The maximum Gasteiger partial charge on any atom is 0.120 e. The van der Waals surface area contributed by atoms with E-state index in [4.69, 9.17) is 14.4 Å². The number of benzene rings is 6. The van der Waals surface area contributed by atoms with Crippen molar-refractivity contribution in [1.82, 2.24) is 14.5 Å². The molecule has 0 saturated carbocycles. The summed E-state index contributed by atoms with van der Waals surface area (Å²) in [4.78, 5) is 9.92. The molecule has 3 aromatic heterocycles. The van der Waals surface area contributed by atoms with Crippen LogP contribution in [-0.4, -0.2) is 22.6 Å². The summed E-state index contributed by atoms with van der Waals surface area (Å²) < 4.78 is 8.59. The van der Waals surface area contributed by atoms with E-state index in [2.05, 4.69) is 181 Å². The normalized spacial score (nSPS) is 12.0. The first-order chi connectivity index (χ1) is 28.2. The number of fused-ring (bicyclic) bond motifs is 4. The van der Waals surface area contributed by atoms with Crippen molar-refractivity contribution >= 4 is 46.2 Å². The van der Waals surface area contributed by atoms with Crippen LogP contribution in [0.15, 0.2) is 150 Å². The average molecular weight is 980 g/mol. The summed E-state index contributed by atoms with van der Waals surface area (Å²) in [5, 5.41) is 3.65. The second-order valence-electron chi connectivity index (χ2n) is 18.8. The molecule has 0 aliphatic rings. The minimum atomic E-state index is -1.42. The van der Waals surface area contributed by atoms with Crippen molar-refractivity contribution in [1.29, 1.82) is 0 Å². The molecule has 0 unspecified atom stereocenters. The molecule has 0 aliphatic carbocycles. The van der Waals surface area contributed by atoms with E-state index in [1.54, 1.807) is 0 Å². The average Bonchev–Trinajstić information content (AvgIpc) is 3.79. The maximum absolute atomic E-state index is 6.36. The van der Waals surface area contributed by atoms with E-state index in [0.717, 1.165) is 78.9 Å². The molecule has 3 heterocycles. The van der Waals surface area contributed by atoms with Gasteiger partial charge in [-0.25, -0.2) is 0 Å². The molecule has 0 atom stereocenters. The summed E-state index contributed by atoms with van der Waals surface area (Å²) in [5.74, 6) is 0.814. The zero-order chi connectivity index (χ0) is 41.5. The van der Waals surface area contributed by atoms with E-state index in [9.17, 15) is 0 Å². The molecule has 60 heavy (non-hydrogen) atoms. The number of furan rings is 1. The van der Waals surface area contributed by atoms with Crippen molar-refractivity contribution in [2.24, 2.45) is 5.41 Å².